The number of halogens is 3. The zero-order valence-corrected chi connectivity index (χ0v) is 13.9. The van der Waals surface area contributed by atoms with E-state index in [9.17, 15) is 8.78 Å². The highest BCUT2D eigenvalue weighted by Crippen LogP contribution is 2.31. The molecule has 1 nitrogen and oxygen atoms in total. The summed E-state index contributed by atoms with van der Waals surface area (Å²) in [6.45, 7) is 6.47. The van der Waals surface area contributed by atoms with Gasteiger partial charge in [0.15, 0.2) is 0 Å². The molecule has 0 aliphatic heterocycles. The molecule has 0 saturated heterocycles. The lowest BCUT2D eigenvalue weighted by Gasteiger charge is -2.22. The third-order valence-corrected chi connectivity index (χ3v) is 3.94. The van der Waals surface area contributed by atoms with Crippen LogP contribution in [0.3, 0.4) is 0 Å². The van der Waals surface area contributed by atoms with Crippen LogP contribution in [0.2, 0.25) is 0 Å². The van der Waals surface area contributed by atoms with Crippen LogP contribution in [0.4, 0.5) is 8.78 Å². The summed E-state index contributed by atoms with van der Waals surface area (Å²) in [4.78, 5) is 0. The van der Waals surface area contributed by atoms with Crippen LogP contribution in [-0.4, -0.2) is 6.54 Å². The molecule has 1 N–H and O–H groups in total. The molecule has 0 aromatic heterocycles. The zero-order chi connectivity index (χ0) is 15.6. The number of rotatable bonds is 4. The Morgan fingerprint density at radius 3 is 2.29 bits per heavy atom. The minimum atomic E-state index is -0.547. The quantitative estimate of drug-likeness (QED) is 0.811. The first-order chi connectivity index (χ1) is 9.93. The van der Waals surface area contributed by atoms with Crippen molar-refractivity contribution < 1.29 is 8.78 Å². The van der Waals surface area contributed by atoms with E-state index >= 15 is 0 Å². The van der Waals surface area contributed by atoms with E-state index in [-0.39, 0.29) is 5.56 Å². The molecule has 112 valence electrons. The van der Waals surface area contributed by atoms with Crippen molar-refractivity contribution in [2.45, 2.75) is 26.8 Å². The molecule has 2 aromatic rings. The molecule has 1 unspecified atom stereocenters. The van der Waals surface area contributed by atoms with E-state index in [0.717, 1.165) is 16.7 Å². The minimum absolute atomic E-state index is 0.0637. The first kappa shape index (κ1) is 16.1. The molecule has 0 aliphatic carbocycles. The maximum atomic E-state index is 14.3. The highest BCUT2D eigenvalue weighted by Gasteiger charge is 2.23. The standard InChI is InChI=1S/C17H18BrF2N/c1-4-21-17(13-7-10(2)5-6-11(13)3)16-14(19)8-12(18)9-15(16)20/h5-9,17,21H,4H2,1-3H3. The average Bonchev–Trinajstić information content (AvgIpc) is 2.39. The van der Waals surface area contributed by atoms with Gasteiger partial charge < -0.3 is 5.32 Å². The Morgan fingerprint density at radius 2 is 1.71 bits per heavy atom. The number of hydrogen-bond acceptors (Lipinski definition) is 1. The van der Waals surface area contributed by atoms with Gasteiger partial charge in [0.25, 0.3) is 0 Å². The predicted molar refractivity (Wildman–Crippen MR) is 85.5 cm³/mol. The van der Waals surface area contributed by atoms with Crippen molar-refractivity contribution in [1.29, 1.82) is 0 Å². The van der Waals surface area contributed by atoms with Crippen LogP contribution in [0.1, 0.15) is 35.2 Å². The normalized spacial score (nSPS) is 12.5. The molecule has 0 aliphatic rings. The van der Waals surface area contributed by atoms with Crippen molar-refractivity contribution in [3.63, 3.8) is 0 Å². The second-order valence-electron chi connectivity index (χ2n) is 5.13. The third-order valence-electron chi connectivity index (χ3n) is 3.49. The van der Waals surface area contributed by atoms with Crippen LogP contribution in [0, 0.1) is 25.5 Å². The molecule has 0 saturated carbocycles. The van der Waals surface area contributed by atoms with Gasteiger partial charge in [-0.05, 0) is 43.7 Å². The largest absolute Gasteiger partial charge is 0.306 e. The lowest BCUT2D eigenvalue weighted by molar-refractivity contribution is 0.508. The lowest BCUT2D eigenvalue weighted by atomic mass is 9.93. The van der Waals surface area contributed by atoms with E-state index in [0.29, 0.717) is 11.0 Å². The molecule has 0 radical (unpaired) electrons. The van der Waals surface area contributed by atoms with Gasteiger partial charge in [0.2, 0.25) is 0 Å². The molecule has 0 fully saturated rings. The van der Waals surface area contributed by atoms with E-state index in [1.807, 2.05) is 39.0 Å². The van der Waals surface area contributed by atoms with Crippen molar-refractivity contribution in [3.05, 3.63) is 68.7 Å². The summed E-state index contributed by atoms with van der Waals surface area (Å²) >= 11 is 3.12. The lowest BCUT2D eigenvalue weighted by Crippen LogP contribution is -2.25. The Hall–Kier alpha value is -1.26. The molecule has 0 amide bonds. The Bertz CT molecular complexity index is 632. The van der Waals surface area contributed by atoms with Crippen molar-refractivity contribution in [1.82, 2.24) is 5.32 Å². The van der Waals surface area contributed by atoms with Crippen molar-refractivity contribution in [2.24, 2.45) is 0 Å². The molecule has 21 heavy (non-hydrogen) atoms. The van der Waals surface area contributed by atoms with Crippen molar-refractivity contribution >= 4 is 15.9 Å². The fraction of sp³-hybridized carbons (Fsp3) is 0.294. The average molecular weight is 354 g/mol. The summed E-state index contributed by atoms with van der Waals surface area (Å²) in [5, 5.41) is 3.19. The Labute approximate surface area is 132 Å². The van der Waals surface area contributed by atoms with Gasteiger partial charge in [0.1, 0.15) is 11.6 Å². The monoisotopic (exact) mass is 353 g/mol. The number of nitrogens with one attached hydrogen (secondary N) is 1. The summed E-state index contributed by atoms with van der Waals surface area (Å²) in [7, 11) is 0. The summed E-state index contributed by atoms with van der Waals surface area (Å²) in [5.41, 5.74) is 3.04. The Balaban J connectivity index is 2.61. The fourth-order valence-electron chi connectivity index (χ4n) is 2.47. The molecule has 4 heteroatoms. The summed E-state index contributed by atoms with van der Waals surface area (Å²) in [6, 6.07) is 8.05. The summed E-state index contributed by atoms with van der Waals surface area (Å²) in [5.74, 6) is -1.09. The smallest absolute Gasteiger partial charge is 0.132 e. The first-order valence-electron chi connectivity index (χ1n) is 6.89. The molecule has 2 rings (SSSR count). The molecule has 1 atom stereocenters. The molecule has 0 bridgehead atoms. The van der Waals surface area contributed by atoms with Gasteiger partial charge in [-0.15, -0.1) is 0 Å². The fourth-order valence-corrected chi connectivity index (χ4v) is 2.87. The van der Waals surface area contributed by atoms with Crippen molar-refractivity contribution in [3.8, 4) is 0 Å². The zero-order valence-electron chi connectivity index (χ0n) is 12.3. The van der Waals surface area contributed by atoms with Crippen LogP contribution in [0.5, 0.6) is 0 Å². The van der Waals surface area contributed by atoms with E-state index in [4.69, 9.17) is 0 Å². The molecular formula is C17H18BrF2N. The van der Waals surface area contributed by atoms with Gasteiger partial charge in [0.05, 0.1) is 6.04 Å². The van der Waals surface area contributed by atoms with Gasteiger partial charge in [0, 0.05) is 10.0 Å². The Kier molecular flexibility index (Phi) is 5.12. The van der Waals surface area contributed by atoms with E-state index < -0.39 is 17.7 Å². The highest BCUT2D eigenvalue weighted by molar-refractivity contribution is 9.10. The van der Waals surface area contributed by atoms with Gasteiger partial charge >= 0.3 is 0 Å². The Morgan fingerprint density at radius 1 is 1.10 bits per heavy atom. The number of benzene rings is 2. The summed E-state index contributed by atoms with van der Waals surface area (Å²) < 4.78 is 29.0. The highest BCUT2D eigenvalue weighted by atomic mass is 79.9. The number of hydrogen-bond donors (Lipinski definition) is 1. The minimum Gasteiger partial charge on any atom is -0.306 e. The maximum absolute atomic E-state index is 14.3. The second kappa shape index (κ2) is 6.67. The van der Waals surface area contributed by atoms with Gasteiger partial charge in [-0.1, -0.05) is 46.6 Å². The van der Waals surface area contributed by atoms with E-state index in [1.54, 1.807) is 0 Å². The number of aryl methyl sites for hydroxylation is 2. The topological polar surface area (TPSA) is 12.0 Å². The van der Waals surface area contributed by atoms with Crippen LogP contribution >= 0.6 is 15.9 Å². The molecular weight excluding hydrogens is 336 g/mol. The van der Waals surface area contributed by atoms with Gasteiger partial charge in [-0.25, -0.2) is 8.78 Å². The first-order valence-corrected chi connectivity index (χ1v) is 7.68. The third kappa shape index (κ3) is 3.50. The van der Waals surface area contributed by atoms with Crippen LogP contribution in [0.25, 0.3) is 0 Å². The van der Waals surface area contributed by atoms with Crippen LogP contribution in [0.15, 0.2) is 34.8 Å². The summed E-state index contributed by atoms with van der Waals surface area (Å²) in [6.07, 6.45) is 0. The molecule has 2 aromatic carbocycles. The van der Waals surface area contributed by atoms with Crippen LogP contribution < -0.4 is 5.32 Å². The SMILES string of the molecule is CCNC(c1cc(C)ccc1C)c1c(F)cc(Br)cc1F. The van der Waals surface area contributed by atoms with Gasteiger partial charge in [-0.3, -0.25) is 0 Å². The van der Waals surface area contributed by atoms with E-state index in [2.05, 4.69) is 21.2 Å². The maximum Gasteiger partial charge on any atom is 0.132 e. The van der Waals surface area contributed by atoms with Gasteiger partial charge in [-0.2, -0.15) is 0 Å². The van der Waals surface area contributed by atoms with Crippen molar-refractivity contribution in [2.75, 3.05) is 6.54 Å². The molecule has 0 spiro atoms. The second-order valence-corrected chi connectivity index (χ2v) is 6.05. The predicted octanol–water partition coefficient (Wildman–Crippen LogP) is 5.04. The van der Waals surface area contributed by atoms with E-state index in [1.165, 1.54) is 12.1 Å². The molecule has 0 heterocycles. The van der Waals surface area contributed by atoms with Crippen LogP contribution in [-0.2, 0) is 0 Å².